The fourth-order valence-electron chi connectivity index (χ4n) is 1.90. The molecule has 112 valence electrons. The van der Waals surface area contributed by atoms with E-state index in [0.717, 1.165) is 11.1 Å². The lowest BCUT2D eigenvalue weighted by molar-refractivity contribution is -0.385. The molecule has 0 atom stereocenters. The van der Waals surface area contributed by atoms with Crippen molar-refractivity contribution in [3.8, 4) is 0 Å². The average Bonchev–Trinajstić information content (AvgIpc) is 2.49. The molecule has 2 rings (SSSR count). The maximum atomic E-state index is 12.0. The Hall–Kier alpha value is -3.02. The summed E-state index contributed by atoms with van der Waals surface area (Å²) in [4.78, 5) is 22.3. The summed E-state index contributed by atoms with van der Waals surface area (Å²) in [5.41, 5.74) is 4.90. The van der Waals surface area contributed by atoms with Crippen LogP contribution in [0.3, 0.4) is 0 Å². The SMILES string of the molecule is Cc1ccccc1/C=N/NC(=O)c1ccc(C)c([N+](=O)[O-])c1. The summed E-state index contributed by atoms with van der Waals surface area (Å²) in [6, 6.07) is 11.9. The van der Waals surface area contributed by atoms with Gasteiger partial charge in [0, 0.05) is 17.2 Å². The van der Waals surface area contributed by atoms with Gasteiger partial charge in [0.2, 0.25) is 0 Å². The van der Waals surface area contributed by atoms with Gasteiger partial charge in [-0.2, -0.15) is 5.10 Å². The summed E-state index contributed by atoms with van der Waals surface area (Å²) >= 11 is 0. The zero-order valence-corrected chi connectivity index (χ0v) is 12.2. The smallest absolute Gasteiger partial charge is 0.267 e. The van der Waals surface area contributed by atoms with Gasteiger partial charge in [-0.15, -0.1) is 0 Å². The van der Waals surface area contributed by atoms with Crippen LogP contribution in [0, 0.1) is 24.0 Å². The molecule has 0 unspecified atom stereocenters. The first-order chi connectivity index (χ1) is 10.5. The highest BCUT2D eigenvalue weighted by Crippen LogP contribution is 2.19. The number of benzene rings is 2. The molecule has 2 aromatic carbocycles. The van der Waals surface area contributed by atoms with Gasteiger partial charge in [-0.3, -0.25) is 14.9 Å². The van der Waals surface area contributed by atoms with Crippen molar-refractivity contribution >= 4 is 17.8 Å². The molecule has 0 saturated heterocycles. The lowest BCUT2D eigenvalue weighted by Gasteiger charge is -2.02. The third-order valence-electron chi connectivity index (χ3n) is 3.23. The van der Waals surface area contributed by atoms with Crippen molar-refractivity contribution in [2.24, 2.45) is 5.10 Å². The number of nitrogens with zero attached hydrogens (tertiary/aromatic N) is 2. The number of aryl methyl sites for hydroxylation is 2. The van der Waals surface area contributed by atoms with E-state index < -0.39 is 10.8 Å². The van der Waals surface area contributed by atoms with Crippen LogP contribution in [-0.4, -0.2) is 17.0 Å². The van der Waals surface area contributed by atoms with Crippen molar-refractivity contribution in [2.75, 3.05) is 0 Å². The molecule has 2 aromatic rings. The molecule has 22 heavy (non-hydrogen) atoms. The number of hydrazone groups is 1. The van der Waals surface area contributed by atoms with E-state index in [2.05, 4.69) is 10.5 Å². The Labute approximate surface area is 127 Å². The standard InChI is InChI=1S/C16H15N3O3/c1-11-5-3-4-6-14(11)10-17-18-16(20)13-8-7-12(2)15(9-13)19(21)22/h3-10H,1-2H3,(H,18,20)/b17-10+. The van der Waals surface area contributed by atoms with E-state index in [1.54, 1.807) is 6.92 Å². The van der Waals surface area contributed by atoms with E-state index in [1.165, 1.54) is 24.4 Å². The third kappa shape index (κ3) is 3.54. The van der Waals surface area contributed by atoms with Crippen molar-refractivity contribution in [3.63, 3.8) is 0 Å². The molecular weight excluding hydrogens is 282 g/mol. The molecular formula is C16H15N3O3. The molecule has 0 aliphatic heterocycles. The number of rotatable bonds is 4. The Morgan fingerprint density at radius 3 is 2.59 bits per heavy atom. The first kappa shape index (κ1) is 15.4. The summed E-state index contributed by atoms with van der Waals surface area (Å²) in [6.45, 7) is 3.56. The van der Waals surface area contributed by atoms with Gasteiger partial charge >= 0.3 is 0 Å². The van der Waals surface area contributed by atoms with Gasteiger partial charge in [0.25, 0.3) is 11.6 Å². The predicted molar refractivity (Wildman–Crippen MR) is 84.1 cm³/mol. The Morgan fingerprint density at radius 1 is 1.18 bits per heavy atom. The fraction of sp³-hybridized carbons (Fsp3) is 0.125. The number of nitro benzene ring substituents is 1. The number of hydrogen-bond donors (Lipinski definition) is 1. The summed E-state index contributed by atoms with van der Waals surface area (Å²) in [5.74, 6) is -0.493. The number of nitro groups is 1. The Kier molecular flexibility index (Phi) is 4.63. The topological polar surface area (TPSA) is 84.6 Å². The molecule has 0 radical (unpaired) electrons. The monoisotopic (exact) mass is 297 g/mol. The van der Waals surface area contributed by atoms with Crippen molar-refractivity contribution in [3.05, 3.63) is 74.8 Å². The average molecular weight is 297 g/mol. The van der Waals surface area contributed by atoms with Crippen LogP contribution in [0.2, 0.25) is 0 Å². The number of nitrogens with one attached hydrogen (secondary N) is 1. The second kappa shape index (κ2) is 6.62. The van der Waals surface area contributed by atoms with Crippen molar-refractivity contribution in [2.45, 2.75) is 13.8 Å². The summed E-state index contributed by atoms with van der Waals surface area (Å²) < 4.78 is 0. The highest BCUT2D eigenvalue weighted by atomic mass is 16.6. The number of amides is 1. The lowest BCUT2D eigenvalue weighted by atomic mass is 10.1. The van der Waals surface area contributed by atoms with Crippen molar-refractivity contribution in [1.29, 1.82) is 0 Å². The summed E-state index contributed by atoms with van der Waals surface area (Å²) in [7, 11) is 0. The normalized spacial score (nSPS) is 10.6. The maximum Gasteiger partial charge on any atom is 0.273 e. The maximum absolute atomic E-state index is 12.0. The first-order valence-electron chi connectivity index (χ1n) is 6.63. The Bertz CT molecular complexity index is 754. The second-order valence-electron chi connectivity index (χ2n) is 4.81. The van der Waals surface area contributed by atoms with Crippen molar-refractivity contribution in [1.82, 2.24) is 5.43 Å². The van der Waals surface area contributed by atoms with Crippen LogP contribution in [0.1, 0.15) is 27.0 Å². The molecule has 0 aromatic heterocycles. The zero-order chi connectivity index (χ0) is 16.1. The van der Waals surface area contributed by atoms with Gasteiger partial charge in [-0.05, 0) is 31.0 Å². The van der Waals surface area contributed by atoms with Crippen LogP contribution < -0.4 is 5.43 Å². The Morgan fingerprint density at radius 2 is 1.91 bits per heavy atom. The predicted octanol–water partition coefficient (Wildman–Crippen LogP) is 2.98. The van der Waals surface area contributed by atoms with Crippen LogP contribution in [0.4, 0.5) is 5.69 Å². The molecule has 1 N–H and O–H groups in total. The van der Waals surface area contributed by atoms with E-state index in [-0.39, 0.29) is 11.3 Å². The van der Waals surface area contributed by atoms with Gasteiger partial charge in [0.05, 0.1) is 11.1 Å². The van der Waals surface area contributed by atoms with Gasteiger partial charge in [0.15, 0.2) is 0 Å². The van der Waals surface area contributed by atoms with E-state index in [4.69, 9.17) is 0 Å². The zero-order valence-electron chi connectivity index (χ0n) is 12.2. The molecule has 0 heterocycles. The fourth-order valence-corrected chi connectivity index (χ4v) is 1.90. The van der Waals surface area contributed by atoms with Gasteiger partial charge < -0.3 is 0 Å². The Balaban J connectivity index is 2.12. The van der Waals surface area contributed by atoms with Crippen LogP contribution >= 0.6 is 0 Å². The molecule has 0 aliphatic carbocycles. The van der Waals surface area contributed by atoms with Gasteiger partial charge in [0.1, 0.15) is 0 Å². The molecule has 0 aliphatic rings. The lowest BCUT2D eigenvalue weighted by Crippen LogP contribution is -2.18. The van der Waals surface area contributed by atoms with Crippen LogP contribution in [0.15, 0.2) is 47.6 Å². The molecule has 0 saturated carbocycles. The van der Waals surface area contributed by atoms with Gasteiger partial charge in [-0.25, -0.2) is 5.43 Å². The quantitative estimate of drug-likeness (QED) is 0.535. The summed E-state index contributed by atoms with van der Waals surface area (Å²) in [6.07, 6.45) is 1.54. The molecule has 6 heteroatoms. The molecule has 1 amide bonds. The number of carbonyl (C=O) groups excluding carboxylic acids is 1. The molecule has 6 nitrogen and oxygen atoms in total. The third-order valence-corrected chi connectivity index (χ3v) is 3.23. The first-order valence-corrected chi connectivity index (χ1v) is 6.63. The van der Waals surface area contributed by atoms with E-state index in [1.807, 2.05) is 31.2 Å². The minimum atomic E-state index is -0.511. The number of carbonyl (C=O) groups is 1. The minimum Gasteiger partial charge on any atom is -0.267 e. The summed E-state index contributed by atoms with van der Waals surface area (Å²) in [5, 5.41) is 14.8. The van der Waals surface area contributed by atoms with E-state index >= 15 is 0 Å². The van der Waals surface area contributed by atoms with Crippen LogP contribution in [0.5, 0.6) is 0 Å². The number of hydrogen-bond acceptors (Lipinski definition) is 4. The largest absolute Gasteiger partial charge is 0.273 e. The highest BCUT2D eigenvalue weighted by Gasteiger charge is 2.14. The van der Waals surface area contributed by atoms with E-state index in [9.17, 15) is 14.9 Å². The minimum absolute atomic E-state index is 0.0875. The van der Waals surface area contributed by atoms with Crippen molar-refractivity contribution < 1.29 is 9.72 Å². The molecule has 0 spiro atoms. The van der Waals surface area contributed by atoms with Gasteiger partial charge in [-0.1, -0.05) is 30.3 Å². The van der Waals surface area contributed by atoms with Crippen LogP contribution in [0.25, 0.3) is 0 Å². The second-order valence-corrected chi connectivity index (χ2v) is 4.81. The molecule has 0 bridgehead atoms. The highest BCUT2D eigenvalue weighted by molar-refractivity contribution is 5.95. The van der Waals surface area contributed by atoms with E-state index in [0.29, 0.717) is 5.56 Å². The molecule has 0 fully saturated rings. The van der Waals surface area contributed by atoms with Crippen LogP contribution in [-0.2, 0) is 0 Å².